The summed E-state index contributed by atoms with van der Waals surface area (Å²) in [5.74, 6) is -0.0948. The van der Waals surface area contributed by atoms with Gasteiger partial charge in [0.25, 0.3) is 11.8 Å². The lowest BCUT2D eigenvalue weighted by Crippen LogP contribution is -3.11. The van der Waals surface area contributed by atoms with E-state index < -0.39 is 0 Å². The van der Waals surface area contributed by atoms with E-state index in [1.807, 2.05) is 37.4 Å². The lowest BCUT2D eigenvalue weighted by atomic mass is 10.3. The summed E-state index contributed by atoms with van der Waals surface area (Å²) < 4.78 is 5.25. The molecule has 3 rings (SSSR count). The van der Waals surface area contributed by atoms with Crippen LogP contribution in [0.4, 0.5) is 17.1 Å². The van der Waals surface area contributed by atoms with Crippen LogP contribution in [-0.4, -0.2) is 63.2 Å². The van der Waals surface area contributed by atoms with Gasteiger partial charge in [-0.3, -0.25) is 9.59 Å². The number of carbonyl (C=O) groups is 2. The van der Waals surface area contributed by atoms with Crippen molar-refractivity contribution >= 4 is 28.9 Å². The molecule has 29 heavy (non-hydrogen) atoms. The molecule has 1 saturated heterocycles. The number of ether oxygens (including phenoxy) is 1. The van der Waals surface area contributed by atoms with Gasteiger partial charge in [-0.05, 0) is 36.4 Å². The molecular weight excluding hydrogens is 370 g/mol. The summed E-state index contributed by atoms with van der Waals surface area (Å²) >= 11 is 0. The first-order valence-corrected chi connectivity index (χ1v) is 9.64. The summed E-state index contributed by atoms with van der Waals surface area (Å²) in [6.45, 7) is 2.88. The van der Waals surface area contributed by atoms with Crippen LogP contribution in [0.3, 0.4) is 0 Å². The third-order valence-corrected chi connectivity index (χ3v) is 4.47. The molecule has 1 aliphatic rings. The van der Waals surface area contributed by atoms with Crippen LogP contribution in [0.25, 0.3) is 0 Å². The second kappa shape index (κ2) is 10.4. The smallest absolute Gasteiger partial charge is 0.279 e. The van der Waals surface area contributed by atoms with Crippen molar-refractivity contribution < 1.29 is 19.2 Å². The Balaban J connectivity index is 1.45. The van der Waals surface area contributed by atoms with Crippen LogP contribution in [0.1, 0.15) is 0 Å². The Hall–Kier alpha value is -3.10. The van der Waals surface area contributed by atoms with Crippen LogP contribution in [0.2, 0.25) is 0 Å². The molecule has 0 aliphatic carbocycles. The van der Waals surface area contributed by atoms with Gasteiger partial charge in [0.2, 0.25) is 0 Å². The molecule has 0 aromatic heterocycles. The number of hydrogen-bond acceptors (Lipinski definition) is 5. The number of amides is 2. The second-order valence-corrected chi connectivity index (χ2v) is 6.93. The third-order valence-electron chi connectivity index (χ3n) is 4.47. The van der Waals surface area contributed by atoms with Gasteiger partial charge in [-0.25, -0.2) is 0 Å². The summed E-state index contributed by atoms with van der Waals surface area (Å²) in [5, 5.41) is 11.2. The molecule has 1 atom stereocenters. The molecule has 0 saturated carbocycles. The summed E-state index contributed by atoms with van der Waals surface area (Å²) in [5.41, 5.74) is 2.16. The van der Waals surface area contributed by atoms with Crippen LogP contribution in [-0.2, 0) is 14.3 Å². The summed E-state index contributed by atoms with van der Waals surface area (Å²) in [6.07, 6.45) is 0. The molecule has 8 nitrogen and oxygen atoms in total. The molecule has 0 radical (unpaired) electrons. The van der Waals surface area contributed by atoms with Crippen molar-refractivity contribution in [2.45, 2.75) is 0 Å². The van der Waals surface area contributed by atoms with Crippen LogP contribution in [0.5, 0.6) is 0 Å². The molecule has 1 fully saturated rings. The summed E-state index contributed by atoms with van der Waals surface area (Å²) in [6, 6.07) is 16.6. The van der Waals surface area contributed by atoms with Crippen molar-refractivity contribution in [1.82, 2.24) is 4.90 Å². The molecule has 8 heteroatoms. The molecule has 1 aliphatic heterocycles. The minimum atomic E-state index is -0.143. The lowest BCUT2D eigenvalue weighted by molar-refractivity contribution is -0.862. The van der Waals surface area contributed by atoms with E-state index in [0.717, 1.165) is 10.6 Å². The van der Waals surface area contributed by atoms with Gasteiger partial charge in [-0.2, -0.15) is 10.2 Å². The quantitative estimate of drug-likeness (QED) is 0.694. The number of likely N-dealkylation sites (N-methyl/N-ethyl adjacent to an activating group) is 1. The first-order valence-electron chi connectivity index (χ1n) is 9.64. The van der Waals surface area contributed by atoms with E-state index >= 15 is 0 Å². The molecule has 0 spiro atoms. The van der Waals surface area contributed by atoms with Gasteiger partial charge in [-0.15, -0.1) is 0 Å². The number of carbonyl (C=O) groups excluding carboxylic acids is 2. The average Bonchev–Trinajstić information content (AvgIpc) is 2.74. The zero-order chi connectivity index (χ0) is 20.5. The summed E-state index contributed by atoms with van der Waals surface area (Å²) in [7, 11) is 1.84. The highest BCUT2D eigenvalue weighted by Gasteiger charge is 2.21. The number of anilines is 1. The SMILES string of the molecule is C[NH+](CC(=O)Nc1ccc(N=Nc2ccccc2)cc1)CC(=O)N1CCOCC1. The van der Waals surface area contributed by atoms with Crippen molar-refractivity contribution in [2.24, 2.45) is 10.2 Å². The highest BCUT2D eigenvalue weighted by atomic mass is 16.5. The topological polar surface area (TPSA) is 87.8 Å². The van der Waals surface area contributed by atoms with Crippen LogP contribution < -0.4 is 10.2 Å². The Morgan fingerprint density at radius 1 is 0.966 bits per heavy atom. The van der Waals surface area contributed by atoms with E-state index in [2.05, 4.69) is 15.5 Å². The normalized spacial score (nSPS) is 15.3. The van der Waals surface area contributed by atoms with Gasteiger partial charge in [0, 0.05) is 18.8 Å². The van der Waals surface area contributed by atoms with Crippen molar-refractivity contribution in [3.05, 3.63) is 54.6 Å². The Morgan fingerprint density at radius 3 is 2.24 bits per heavy atom. The highest BCUT2D eigenvalue weighted by molar-refractivity contribution is 5.91. The number of hydrogen-bond donors (Lipinski definition) is 2. The molecule has 1 unspecified atom stereocenters. The van der Waals surface area contributed by atoms with Gasteiger partial charge < -0.3 is 19.9 Å². The molecule has 2 aromatic carbocycles. The van der Waals surface area contributed by atoms with Crippen LogP contribution >= 0.6 is 0 Å². The number of azo groups is 1. The number of benzene rings is 2. The fraction of sp³-hybridized carbons (Fsp3) is 0.333. The van der Waals surface area contributed by atoms with E-state index in [4.69, 9.17) is 4.74 Å². The highest BCUT2D eigenvalue weighted by Crippen LogP contribution is 2.19. The van der Waals surface area contributed by atoms with Crippen LogP contribution in [0.15, 0.2) is 64.8 Å². The standard InChI is InChI=1S/C21H25N5O3/c1-25(16-21(28)26-11-13-29-14-12-26)15-20(27)22-17-7-9-19(10-8-17)24-23-18-5-3-2-4-6-18/h2-10H,11-16H2,1H3,(H,22,27)/p+1. The number of rotatable bonds is 7. The number of quaternary nitrogens is 1. The monoisotopic (exact) mass is 396 g/mol. The predicted octanol–water partition coefficient (Wildman–Crippen LogP) is 1.41. The number of nitrogens with zero attached hydrogens (tertiary/aromatic N) is 3. The zero-order valence-electron chi connectivity index (χ0n) is 16.5. The molecule has 2 aromatic rings. The number of morpholine rings is 1. The largest absolute Gasteiger partial charge is 0.378 e. The van der Waals surface area contributed by atoms with Gasteiger partial charge in [0.05, 0.1) is 31.6 Å². The molecule has 0 bridgehead atoms. The fourth-order valence-electron chi connectivity index (χ4n) is 2.95. The molecule has 2 amide bonds. The van der Waals surface area contributed by atoms with Gasteiger partial charge in [-0.1, -0.05) is 18.2 Å². The van der Waals surface area contributed by atoms with E-state index in [-0.39, 0.29) is 24.9 Å². The van der Waals surface area contributed by atoms with Gasteiger partial charge >= 0.3 is 0 Å². The van der Waals surface area contributed by atoms with Crippen LogP contribution in [0, 0.1) is 0 Å². The Morgan fingerprint density at radius 2 is 1.59 bits per heavy atom. The second-order valence-electron chi connectivity index (χ2n) is 6.93. The van der Waals surface area contributed by atoms with Gasteiger partial charge in [0.1, 0.15) is 0 Å². The van der Waals surface area contributed by atoms with E-state index in [1.54, 1.807) is 29.2 Å². The Kier molecular flexibility index (Phi) is 7.43. The predicted molar refractivity (Wildman–Crippen MR) is 110 cm³/mol. The molecule has 2 N–H and O–H groups in total. The maximum absolute atomic E-state index is 12.3. The Bertz CT molecular complexity index is 833. The zero-order valence-corrected chi connectivity index (χ0v) is 16.5. The van der Waals surface area contributed by atoms with Crippen molar-refractivity contribution in [2.75, 3.05) is 51.8 Å². The lowest BCUT2D eigenvalue weighted by Gasteiger charge is -2.27. The molecular formula is C21H26N5O3+. The summed E-state index contributed by atoms with van der Waals surface area (Å²) in [4.78, 5) is 27.1. The number of nitrogens with one attached hydrogen (secondary N) is 2. The van der Waals surface area contributed by atoms with Crippen molar-refractivity contribution in [1.29, 1.82) is 0 Å². The Labute approximate surface area is 170 Å². The van der Waals surface area contributed by atoms with E-state index in [1.165, 1.54) is 0 Å². The van der Waals surface area contributed by atoms with Gasteiger partial charge in [0.15, 0.2) is 13.1 Å². The maximum Gasteiger partial charge on any atom is 0.279 e. The van der Waals surface area contributed by atoms with Crippen molar-refractivity contribution in [3.63, 3.8) is 0 Å². The van der Waals surface area contributed by atoms with E-state index in [0.29, 0.717) is 37.7 Å². The first kappa shape index (κ1) is 20.6. The maximum atomic E-state index is 12.3. The third kappa shape index (κ3) is 6.78. The van der Waals surface area contributed by atoms with Crippen molar-refractivity contribution in [3.8, 4) is 0 Å². The first-order chi connectivity index (χ1) is 14.1. The fourth-order valence-corrected chi connectivity index (χ4v) is 2.95. The minimum Gasteiger partial charge on any atom is -0.378 e. The molecule has 1 heterocycles. The van der Waals surface area contributed by atoms with E-state index in [9.17, 15) is 9.59 Å². The molecule has 152 valence electrons. The minimum absolute atomic E-state index is 0.0479. The average molecular weight is 396 g/mol.